The lowest BCUT2D eigenvalue weighted by Crippen LogP contribution is -2.31. The first-order chi connectivity index (χ1) is 8.31. The van der Waals surface area contributed by atoms with Gasteiger partial charge in [0, 0.05) is 19.6 Å². The minimum atomic E-state index is 0.700. The summed E-state index contributed by atoms with van der Waals surface area (Å²) >= 11 is 0. The first-order valence-corrected chi connectivity index (χ1v) is 6.60. The molecule has 0 saturated carbocycles. The molecule has 0 aliphatic heterocycles. The van der Waals surface area contributed by atoms with Crippen molar-refractivity contribution >= 4 is 0 Å². The molecule has 0 aliphatic carbocycles. The Kier molecular flexibility index (Phi) is 6.81. The molecule has 1 aromatic heterocycles. The van der Waals surface area contributed by atoms with Crippen LogP contribution in [0.2, 0.25) is 0 Å². The zero-order chi connectivity index (χ0) is 12.5. The van der Waals surface area contributed by atoms with Crippen molar-refractivity contribution in [2.45, 2.75) is 46.2 Å². The second kappa shape index (κ2) is 8.20. The molecule has 1 heterocycles. The molecular formula is C12H25N5. The Morgan fingerprint density at radius 3 is 2.76 bits per heavy atom. The molecule has 17 heavy (non-hydrogen) atoms. The average molecular weight is 239 g/mol. The summed E-state index contributed by atoms with van der Waals surface area (Å²) in [5.41, 5.74) is 5.64. The number of hydrogen-bond donors (Lipinski definition) is 1. The van der Waals surface area contributed by atoms with Gasteiger partial charge in [-0.3, -0.25) is 4.90 Å². The highest BCUT2D eigenvalue weighted by atomic mass is 15.3. The first-order valence-electron chi connectivity index (χ1n) is 6.60. The van der Waals surface area contributed by atoms with E-state index in [2.05, 4.69) is 28.8 Å². The number of hydrogen-bond acceptors (Lipinski definition) is 4. The van der Waals surface area contributed by atoms with Crippen molar-refractivity contribution in [2.24, 2.45) is 5.73 Å². The Hall–Kier alpha value is -0.940. The summed E-state index contributed by atoms with van der Waals surface area (Å²) < 4.78 is 2.00. The SMILES string of the molecule is CCCCN(CCN)Cc1ncnn1CCC. The van der Waals surface area contributed by atoms with E-state index in [9.17, 15) is 0 Å². The van der Waals surface area contributed by atoms with Crippen molar-refractivity contribution in [3.63, 3.8) is 0 Å². The molecule has 0 aliphatic rings. The van der Waals surface area contributed by atoms with Gasteiger partial charge in [0.05, 0.1) is 6.54 Å². The second-order valence-electron chi connectivity index (χ2n) is 4.32. The maximum Gasteiger partial charge on any atom is 0.141 e. The summed E-state index contributed by atoms with van der Waals surface area (Å²) in [7, 11) is 0. The average Bonchev–Trinajstić information content (AvgIpc) is 2.74. The number of nitrogens with zero attached hydrogens (tertiary/aromatic N) is 4. The van der Waals surface area contributed by atoms with Crippen molar-refractivity contribution in [3.05, 3.63) is 12.2 Å². The Morgan fingerprint density at radius 2 is 2.12 bits per heavy atom. The largest absolute Gasteiger partial charge is 0.329 e. The summed E-state index contributed by atoms with van der Waals surface area (Å²) in [4.78, 5) is 6.70. The molecule has 1 aromatic rings. The van der Waals surface area contributed by atoms with E-state index in [0.29, 0.717) is 6.54 Å². The van der Waals surface area contributed by atoms with Crippen molar-refractivity contribution in [2.75, 3.05) is 19.6 Å². The minimum Gasteiger partial charge on any atom is -0.329 e. The van der Waals surface area contributed by atoms with Gasteiger partial charge in [0.15, 0.2) is 0 Å². The summed E-state index contributed by atoms with van der Waals surface area (Å²) in [5, 5.41) is 4.25. The fraction of sp³-hybridized carbons (Fsp3) is 0.833. The van der Waals surface area contributed by atoms with Crippen molar-refractivity contribution in [3.8, 4) is 0 Å². The summed E-state index contributed by atoms with van der Waals surface area (Å²) in [6, 6.07) is 0. The van der Waals surface area contributed by atoms with E-state index in [4.69, 9.17) is 5.73 Å². The van der Waals surface area contributed by atoms with Crippen LogP contribution in [0.15, 0.2) is 6.33 Å². The standard InChI is InChI=1S/C12H25N5/c1-3-5-8-16(9-6-13)10-12-14-11-15-17(12)7-4-2/h11H,3-10,13H2,1-2H3. The van der Waals surface area contributed by atoms with Crippen LogP contribution >= 0.6 is 0 Å². The topological polar surface area (TPSA) is 60.0 Å². The lowest BCUT2D eigenvalue weighted by Gasteiger charge is -2.20. The van der Waals surface area contributed by atoms with Crippen LogP contribution in [0.5, 0.6) is 0 Å². The lowest BCUT2D eigenvalue weighted by atomic mass is 10.3. The molecule has 5 heteroatoms. The van der Waals surface area contributed by atoms with Crippen molar-refractivity contribution < 1.29 is 0 Å². The van der Waals surface area contributed by atoms with Gasteiger partial charge in [-0.2, -0.15) is 5.10 Å². The van der Waals surface area contributed by atoms with Gasteiger partial charge < -0.3 is 5.73 Å². The molecule has 2 N–H and O–H groups in total. The number of rotatable bonds is 9. The second-order valence-corrected chi connectivity index (χ2v) is 4.32. The van der Waals surface area contributed by atoms with Crippen LogP contribution in [-0.2, 0) is 13.1 Å². The van der Waals surface area contributed by atoms with E-state index in [-0.39, 0.29) is 0 Å². The molecule has 1 rings (SSSR count). The highest BCUT2D eigenvalue weighted by Gasteiger charge is 2.09. The normalized spacial score (nSPS) is 11.3. The monoisotopic (exact) mass is 239 g/mol. The van der Waals surface area contributed by atoms with Crippen LogP contribution < -0.4 is 5.73 Å². The molecule has 0 fully saturated rings. The third-order valence-electron chi connectivity index (χ3n) is 2.77. The number of aryl methyl sites for hydroxylation is 1. The van der Waals surface area contributed by atoms with E-state index in [1.807, 2.05) is 4.68 Å². The molecule has 0 aromatic carbocycles. The van der Waals surface area contributed by atoms with Gasteiger partial charge in [0.1, 0.15) is 12.2 Å². The van der Waals surface area contributed by atoms with Crippen molar-refractivity contribution in [1.82, 2.24) is 19.7 Å². The van der Waals surface area contributed by atoms with Crippen LogP contribution in [0, 0.1) is 0 Å². The minimum absolute atomic E-state index is 0.700. The third kappa shape index (κ3) is 4.83. The fourth-order valence-electron chi connectivity index (χ4n) is 1.84. The van der Waals surface area contributed by atoms with E-state index in [1.165, 1.54) is 12.8 Å². The molecule has 0 unspecified atom stereocenters. The van der Waals surface area contributed by atoms with E-state index >= 15 is 0 Å². The molecule has 5 nitrogen and oxygen atoms in total. The summed E-state index contributed by atoms with van der Waals surface area (Å²) in [6.07, 6.45) is 5.15. The Balaban J connectivity index is 2.54. The van der Waals surface area contributed by atoms with Gasteiger partial charge in [-0.05, 0) is 19.4 Å². The number of nitrogens with two attached hydrogens (primary N) is 1. The predicted molar refractivity (Wildman–Crippen MR) is 69.6 cm³/mol. The quantitative estimate of drug-likeness (QED) is 0.704. The summed E-state index contributed by atoms with van der Waals surface area (Å²) in [6.45, 7) is 8.88. The molecule has 98 valence electrons. The van der Waals surface area contributed by atoms with Crippen LogP contribution in [0.3, 0.4) is 0 Å². The maximum atomic E-state index is 5.64. The first kappa shape index (κ1) is 14.1. The third-order valence-corrected chi connectivity index (χ3v) is 2.77. The maximum absolute atomic E-state index is 5.64. The Bertz CT molecular complexity index is 297. The van der Waals surface area contributed by atoms with E-state index in [1.54, 1.807) is 6.33 Å². The molecule has 0 spiro atoms. The molecular weight excluding hydrogens is 214 g/mol. The number of aromatic nitrogens is 3. The van der Waals surface area contributed by atoms with Gasteiger partial charge in [-0.25, -0.2) is 9.67 Å². The van der Waals surface area contributed by atoms with Gasteiger partial charge in [-0.1, -0.05) is 20.3 Å². The molecule has 0 amide bonds. The molecule has 0 saturated heterocycles. The van der Waals surface area contributed by atoms with Crippen LogP contribution in [-0.4, -0.2) is 39.3 Å². The van der Waals surface area contributed by atoms with Gasteiger partial charge in [0.2, 0.25) is 0 Å². The Morgan fingerprint density at radius 1 is 1.29 bits per heavy atom. The predicted octanol–water partition coefficient (Wildman–Crippen LogP) is 1.25. The summed E-state index contributed by atoms with van der Waals surface area (Å²) in [5.74, 6) is 1.05. The van der Waals surface area contributed by atoms with Crippen LogP contribution in [0.25, 0.3) is 0 Å². The lowest BCUT2D eigenvalue weighted by molar-refractivity contribution is 0.256. The smallest absolute Gasteiger partial charge is 0.141 e. The van der Waals surface area contributed by atoms with Crippen LogP contribution in [0.1, 0.15) is 38.9 Å². The Labute approximate surface area is 104 Å². The van der Waals surface area contributed by atoms with Gasteiger partial charge in [-0.15, -0.1) is 0 Å². The highest BCUT2D eigenvalue weighted by Crippen LogP contribution is 2.03. The van der Waals surface area contributed by atoms with E-state index < -0.39 is 0 Å². The number of unbranched alkanes of at least 4 members (excludes halogenated alkanes) is 1. The zero-order valence-electron chi connectivity index (χ0n) is 11.1. The molecule has 0 atom stereocenters. The molecule has 0 bridgehead atoms. The van der Waals surface area contributed by atoms with Crippen molar-refractivity contribution in [1.29, 1.82) is 0 Å². The molecule has 0 radical (unpaired) electrons. The van der Waals surface area contributed by atoms with Gasteiger partial charge in [0.25, 0.3) is 0 Å². The zero-order valence-corrected chi connectivity index (χ0v) is 11.1. The van der Waals surface area contributed by atoms with Crippen LogP contribution in [0.4, 0.5) is 0 Å². The highest BCUT2D eigenvalue weighted by molar-refractivity contribution is 4.84. The van der Waals surface area contributed by atoms with Gasteiger partial charge >= 0.3 is 0 Å². The fourth-order valence-corrected chi connectivity index (χ4v) is 1.84. The van der Waals surface area contributed by atoms with E-state index in [0.717, 1.165) is 38.4 Å².